The molecule has 1 aromatic carbocycles. The van der Waals surface area contributed by atoms with Crippen molar-refractivity contribution in [2.24, 2.45) is 5.73 Å². The van der Waals surface area contributed by atoms with Gasteiger partial charge in [0.15, 0.2) is 0 Å². The SMILES string of the molecule is CCCCC(N)c1nc2ccc(C)cc2[nH]1. The maximum absolute atomic E-state index is 6.09. The van der Waals surface area contributed by atoms with Crippen molar-refractivity contribution in [3.05, 3.63) is 29.6 Å². The Hall–Kier alpha value is -1.35. The molecule has 3 N–H and O–H groups in total. The van der Waals surface area contributed by atoms with E-state index in [2.05, 4.69) is 35.9 Å². The highest BCUT2D eigenvalue weighted by Crippen LogP contribution is 2.19. The van der Waals surface area contributed by atoms with E-state index in [1.165, 1.54) is 12.0 Å². The lowest BCUT2D eigenvalue weighted by molar-refractivity contribution is 0.581. The molecule has 0 aliphatic heterocycles. The fourth-order valence-electron chi connectivity index (χ4n) is 1.88. The first kappa shape index (κ1) is 11.1. The van der Waals surface area contributed by atoms with E-state index < -0.39 is 0 Å². The Morgan fingerprint density at radius 1 is 1.44 bits per heavy atom. The zero-order chi connectivity index (χ0) is 11.5. The summed E-state index contributed by atoms with van der Waals surface area (Å²) in [5, 5.41) is 0. The normalized spacial score (nSPS) is 13.2. The molecular weight excluding hydrogens is 198 g/mol. The minimum atomic E-state index is 0.0349. The standard InChI is InChI=1S/C13H19N3/c1-3-4-5-10(14)13-15-11-7-6-9(2)8-12(11)16-13/h6-8,10H,3-5,14H2,1-2H3,(H,15,16). The van der Waals surface area contributed by atoms with Crippen molar-refractivity contribution in [3.63, 3.8) is 0 Å². The largest absolute Gasteiger partial charge is 0.341 e. The minimum absolute atomic E-state index is 0.0349. The predicted molar refractivity (Wildman–Crippen MR) is 67.3 cm³/mol. The van der Waals surface area contributed by atoms with E-state index in [9.17, 15) is 0 Å². The molecule has 3 heteroatoms. The molecule has 0 aliphatic rings. The number of benzene rings is 1. The highest BCUT2D eigenvalue weighted by molar-refractivity contribution is 5.75. The number of unbranched alkanes of at least 4 members (excludes halogenated alkanes) is 1. The highest BCUT2D eigenvalue weighted by Gasteiger charge is 2.10. The Morgan fingerprint density at radius 3 is 3.00 bits per heavy atom. The number of nitrogens with two attached hydrogens (primary N) is 1. The molecule has 0 bridgehead atoms. The van der Waals surface area contributed by atoms with Crippen LogP contribution >= 0.6 is 0 Å². The molecule has 0 fully saturated rings. The quantitative estimate of drug-likeness (QED) is 0.827. The summed E-state index contributed by atoms with van der Waals surface area (Å²) in [6.07, 6.45) is 3.32. The number of fused-ring (bicyclic) bond motifs is 1. The molecule has 2 rings (SSSR count). The van der Waals surface area contributed by atoms with E-state index in [1.54, 1.807) is 0 Å². The maximum Gasteiger partial charge on any atom is 0.124 e. The summed E-state index contributed by atoms with van der Waals surface area (Å²) in [4.78, 5) is 7.84. The van der Waals surface area contributed by atoms with E-state index in [-0.39, 0.29) is 6.04 Å². The van der Waals surface area contributed by atoms with Crippen molar-refractivity contribution >= 4 is 11.0 Å². The molecule has 0 radical (unpaired) electrons. The molecule has 1 heterocycles. The molecule has 0 saturated carbocycles. The van der Waals surface area contributed by atoms with Crippen LogP contribution in [0.15, 0.2) is 18.2 Å². The maximum atomic E-state index is 6.09. The summed E-state index contributed by atoms with van der Waals surface area (Å²) in [7, 11) is 0. The van der Waals surface area contributed by atoms with E-state index in [1.807, 2.05) is 6.07 Å². The third-order valence-electron chi connectivity index (χ3n) is 2.88. The van der Waals surface area contributed by atoms with Crippen LogP contribution in [0.3, 0.4) is 0 Å². The third kappa shape index (κ3) is 2.25. The van der Waals surface area contributed by atoms with E-state index in [0.717, 1.165) is 29.7 Å². The zero-order valence-electron chi connectivity index (χ0n) is 9.96. The van der Waals surface area contributed by atoms with Gasteiger partial charge < -0.3 is 10.7 Å². The van der Waals surface area contributed by atoms with Gasteiger partial charge >= 0.3 is 0 Å². The smallest absolute Gasteiger partial charge is 0.124 e. The van der Waals surface area contributed by atoms with Gasteiger partial charge in [-0.25, -0.2) is 4.98 Å². The Balaban J connectivity index is 2.25. The number of nitrogens with one attached hydrogen (secondary N) is 1. The van der Waals surface area contributed by atoms with Gasteiger partial charge in [0.1, 0.15) is 5.82 Å². The van der Waals surface area contributed by atoms with Gasteiger partial charge in [-0.1, -0.05) is 25.8 Å². The highest BCUT2D eigenvalue weighted by atomic mass is 15.0. The van der Waals surface area contributed by atoms with Gasteiger partial charge in [-0.05, 0) is 31.0 Å². The number of H-pyrrole nitrogens is 1. The lowest BCUT2D eigenvalue weighted by atomic mass is 10.1. The van der Waals surface area contributed by atoms with Crippen LogP contribution in [0.5, 0.6) is 0 Å². The molecule has 0 aliphatic carbocycles. The third-order valence-corrected chi connectivity index (χ3v) is 2.88. The average molecular weight is 217 g/mol. The summed E-state index contributed by atoms with van der Waals surface area (Å²) in [6.45, 7) is 4.26. The van der Waals surface area contributed by atoms with Gasteiger partial charge in [-0.3, -0.25) is 0 Å². The fourth-order valence-corrected chi connectivity index (χ4v) is 1.88. The summed E-state index contributed by atoms with van der Waals surface area (Å²) in [5.41, 5.74) is 9.42. The Morgan fingerprint density at radius 2 is 2.25 bits per heavy atom. The molecule has 0 saturated heterocycles. The van der Waals surface area contributed by atoms with Crippen LogP contribution in [0.4, 0.5) is 0 Å². The van der Waals surface area contributed by atoms with Crippen molar-refractivity contribution in [1.82, 2.24) is 9.97 Å². The molecule has 0 amide bonds. The second-order valence-electron chi connectivity index (χ2n) is 4.39. The number of hydrogen-bond acceptors (Lipinski definition) is 2. The van der Waals surface area contributed by atoms with E-state index in [0.29, 0.717) is 0 Å². The fraction of sp³-hybridized carbons (Fsp3) is 0.462. The zero-order valence-corrected chi connectivity index (χ0v) is 9.96. The number of aryl methyl sites for hydroxylation is 1. The lowest BCUT2D eigenvalue weighted by Crippen LogP contribution is -2.11. The summed E-state index contributed by atoms with van der Waals surface area (Å²) in [6, 6.07) is 6.26. The number of rotatable bonds is 4. The monoisotopic (exact) mass is 217 g/mol. The summed E-state index contributed by atoms with van der Waals surface area (Å²) >= 11 is 0. The number of imidazole rings is 1. The summed E-state index contributed by atoms with van der Waals surface area (Å²) < 4.78 is 0. The molecule has 2 aromatic rings. The molecular formula is C13H19N3. The molecule has 1 unspecified atom stereocenters. The number of aromatic amines is 1. The molecule has 1 atom stereocenters. The molecule has 3 nitrogen and oxygen atoms in total. The number of hydrogen-bond donors (Lipinski definition) is 2. The topological polar surface area (TPSA) is 54.7 Å². The van der Waals surface area contributed by atoms with Crippen LogP contribution in [0.2, 0.25) is 0 Å². The first-order valence-electron chi connectivity index (χ1n) is 5.92. The molecule has 1 aromatic heterocycles. The van der Waals surface area contributed by atoms with Crippen molar-refractivity contribution < 1.29 is 0 Å². The molecule has 16 heavy (non-hydrogen) atoms. The van der Waals surface area contributed by atoms with Crippen LogP contribution in [0.25, 0.3) is 11.0 Å². The Kier molecular flexibility index (Phi) is 3.25. The first-order valence-corrected chi connectivity index (χ1v) is 5.92. The number of nitrogens with zero attached hydrogens (tertiary/aromatic N) is 1. The Bertz CT molecular complexity index is 473. The second-order valence-corrected chi connectivity index (χ2v) is 4.39. The van der Waals surface area contributed by atoms with Gasteiger partial charge in [0.25, 0.3) is 0 Å². The van der Waals surface area contributed by atoms with Crippen LogP contribution in [0.1, 0.15) is 43.6 Å². The minimum Gasteiger partial charge on any atom is -0.341 e. The van der Waals surface area contributed by atoms with Gasteiger partial charge in [0.05, 0.1) is 17.1 Å². The molecule has 86 valence electrons. The van der Waals surface area contributed by atoms with Crippen molar-refractivity contribution in [1.29, 1.82) is 0 Å². The van der Waals surface area contributed by atoms with Crippen LogP contribution < -0.4 is 5.73 Å². The Labute approximate surface area is 96.1 Å². The van der Waals surface area contributed by atoms with Crippen LogP contribution in [-0.4, -0.2) is 9.97 Å². The second kappa shape index (κ2) is 4.66. The van der Waals surface area contributed by atoms with Crippen molar-refractivity contribution in [3.8, 4) is 0 Å². The number of aromatic nitrogens is 2. The van der Waals surface area contributed by atoms with Gasteiger partial charge in [-0.2, -0.15) is 0 Å². The van der Waals surface area contributed by atoms with E-state index >= 15 is 0 Å². The van der Waals surface area contributed by atoms with Crippen LogP contribution in [-0.2, 0) is 0 Å². The lowest BCUT2D eigenvalue weighted by Gasteiger charge is -2.06. The van der Waals surface area contributed by atoms with Crippen molar-refractivity contribution in [2.45, 2.75) is 39.2 Å². The summed E-state index contributed by atoms with van der Waals surface area (Å²) in [5.74, 6) is 0.911. The first-order chi connectivity index (χ1) is 7.70. The molecule has 0 spiro atoms. The van der Waals surface area contributed by atoms with Crippen LogP contribution in [0, 0.1) is 6.92 Å². The van der Waals surface area contributed by atoms with E-state index in [4.69, 9.17) is 5.73 Å². The van der Waals surface area contributed by atoms with Gasteiger partial charge in [-0.15, -0.1) is 0 Å². The van der Waals surface area contributed by atoms with Gasteiger partial charge in [0, 0.05) is 0 Å². The van der Waals surface area contributed by atoms with Gasteiger partial charge in [0.2, 0.25) is 0 Å². The van der Waals surface area contributed by atoms with Crippen molar-refractivity contribution in [2.75, 3.05) is 0 Å². The average Bonchev–Trinajstić information content (AvgIpc) is 2.68. The predicted octanol–water partition coefficient (Wildman–Crippen LogP) is 3.06.